The molecule has 2 N–H and O–H groups in total. The highest BCUT2D eigenvalue weighted by Crippen LogP contribution is 2.57. The molecule has 4 heterocycles. The molecule has 4 aliphatic heterocycles. The Bertz CT molecular complexity index is 787. The number of urea groups is 2. The highest BCUT2D eigenvalue weighted by molar-refractivity contribution is 6.20. The number of amides is 4. The Balaban J connectivity index is 1.62. The number of carbonyl (C=O) groups excluding carboxylic acids is 2. The molecular weight excluding hydrogens is 328 g/mol. The summed E-state index contributed by atoms with van der Waals surface area (Å²) in [6, 6.07) is 6.94. The summed E-state index contributed by atoms with van der Waals surface area (Å²) in [7, 11) is 0. The number of benzene rings is 1. The minimum atomic E-state index is -0.544. The number of nitrogens with two attached hydrogens (primary N) is 1. The molecule has 0 radical (unpaired) electrons. The summed E-state index contributed by atoms with van der Waals surface area (Å²) in [5.74, 6) is 1.46. The number of carbonyl (C=O) groups is 2. The topological polar surface area (TPSA) is 66.6 Å². The Kier molecular flexibility index (Phi) is 3.18. The van der Waals surface area contributed by atoms with Gasteiger partial charge in [-0.05, 0) is 44.6 Å². The van der Waals surface area contributed by atoms with Crippen LogP contribution in [0.4, 0.5) is 21.0 Å². The first-order valence-corrected chi connectivity index (χ1v) is 9.70. The van der Waals surface area contributed by atoms with Crippen LogP contribution in [0.25, 0.3) is 0 Å². The number of nitrogens with zero attached hydrogens (tertiary/aromatic N) is 3. The standard InChI is InChI=1S/C20H26N4O2/c1-13(2)23-16-5-3-4-6-17(16)24(18(21)25,19(23)26)12-20-7-14-9-22(11-20)10-15(14)8-20/h3-6,13-15H,7-12H2,1-2H3,(H-,21,25)/p+1/t14-,15?,20+,24?/m1/s1. The monoisotopic (exact) mass is 355 g/mol. The second-order valence-electron chi connectivity index (χ2n) is 9.16. The summed E-state index contributed by atoms with van der Waals surface area (Å²) >= 11 is 0. The number of hydrogen-bond donors (Lipinski definition) is 1. The van der Waals surface area contributed by atoms with Crippen LogP contribution in [0.5, 0.6) is 0 Å². The van der Waals surface area contributed by atoms with Gasteiger partial charge < -0.3 is 10.6 Å². The van der Waals surface area contributed by atoms with Gasteiger partial charge in [-0.25, -0.2) is 9.59 Å². The molecule has 138 valence electrons. The third-order valence-electron chi connectivity index (χ3n) is 7.15. The fourth-order valence-electron chi connectivity index (χ4n) is 6.43. The molecule has 6 rings (SSSR count). The predicted octanol–water partition coefficient (Wildman–Crippen LogP) is 2.76. The van der Waals surface area contributed by atoms with Crippen molar-refractivity contribution in [1.82, 2.24) is 9.38 Å². The summed E-state index contributed by atoms with van der Waals surface area (Å²) in [6.07, 6.45) is 2.25. The fraction of sp³-hybridized carbons (Fsp3) is 0.600. The molecule has 6 heteroatoms. The first-order chi connectivity index (χ1) is 12.4. The van der Waals surface area contributed by atoms with Crippen molar-refractivity contribution in [1.29, 1.82) is 0 Å². The lowest BCUT2D eigenvalue weighted by atomic mass is 9.79. The van der Waals surface area contributed by atoms with Gasteiger partial charge in [0.2, 0.25) is 0 Å². The van der Waals surface area contributed by atoms with Crippen LogP contribution in [-0.4, -0.2) is 49.2 Å². The lowest BCUT2D eigenvalue weighted by Gasteiger charge is -2.43. The van der Waals surface area contributed by atoms with Crippen LogP contribution >= 0.6 is 0 Å². The highest BCUT2D eigenvalue weighted by Gasteiger charge is 2.65. The molecule has 5 atom stereocenters. The maximum atomic E-state index is 13.6. The molecule has 0 aromatic heterocycles. The number of anilines is 1. The highest BCUT2D eigenvalue weighted by atomic mass is 16.2. The molecule has 5 aliphatic rings. The van der Waals surface area contributed by atoms with E-state index in [0.29, 0.717) is 6.54 Å². The summed E-state index contributed by atoms with van der Waals surface area (Å²) < 4.78 is -0.346. The molecule has 1 aromatic rings. The van der Waals surface area contributed by atoms with Gasteiger partial charge in [0.15, 0.2) is 5.69 Å². The summed E-state index contributed by atoms with van der Waals surface area (Å²) in [4.78, 5) is 30.7. The van der Waals surface area contributed by atoms with E-state index in [9.17, 15) is 9.59 Å². The molecule has 3 unspecified atom stereocenters. The van der Waals surface area contributed by atoms with Gasteiger partial charge in [0.05, 0.1) is 0 Å². The van der Waals surface area contributed by atoms with Crippen molar-refractivity contribution >= 4 is 23.4 Å². The van der Waals surface area contributed by atoms with Crippen molar-refractivity contribution in [2.24, 2.45) is 23.0 Å². The molecule has 3 saturated heterocycles. The number of primary amides is 1. The van der Waals surface area contributed by atoms with E-state index in [0.717, 1.165) is 42.6 Å². The van der Waals surface area contributed by atoms with Crippen molar-refractivity contribution in [2.45, 2.75) is 32.7 Å². The number of hydrogen-bond acceptors (Lipinski definition) is 3. The molecule has 1 saturated carbocycles. The lowest BCUT2D eigenvalue weighted by molar-refractivity contribution is 0.0784. The van der Waals surface area contributed by atoms with Crippen LogP contribution in [0.1, 0.15) is 26.7 Å². The van der Waals surface area contributed by atoms with E-state index in [4.69, 9.17) is 5.73 Å². The van der Waals surface area contributed by atoms with Gasteiger partial charge in [-0.3, -0.25) is 4.90 Å². The fourth-order valence-corrected chi connectivity index (χ4v) is 6.43. The molecule has 6 nitrogen and oxygen atoms in total. The SMILES string of the molecule is CC(C)N1C(=O)[N+](C[C@]23CC4CN(C[C@H]4C2)C3)(C(N)=O)c2ccccc21. The van der Waals surface area contributed by atoms with Crippen LogP contribution in [0.15, 0.2) is 24.3 Å². The van der Waals surface area contributed by atoms with Crippen LogP contribution in [0.3, 0.4) is 0 Å². The lowest BCUT2D eigenvalue weighted by Crippen LogP contribution is -2.67. The predicted molar refractivity (Wildman–Crippen MR) is 101 cm³/mol. The van der Waals surface area contributed by atoms with E-state index in [1.165, 1.54) is 13.1 Å². The van der Waals surface area contributed by atoms with E-state index < -0.39 is 6.03 Å². The van der Waals surface area contributed by atoms with E-state index in [2.05, 4.69) is 4.90 Å². The second-order valence-corrected chi connectivity index (χ2v) is 9.16. The Morgan fingerprint density at radius 3 is 2.50 bits per heavy atom. The molecule has 4 amide bonds. The van der Waals surface area contributed by atoms with Gasteiger partial charge in [-0.2, -0.15) is 0 Å². The molecule has 1 aromatic carbocycles. The number of para-hydroxylation sites is 2. The molecule has 1 aliphatic carbocycles. The quantitative estimate of drug-likeness (QED) is 0.848. The largest absolute Gasteiger partial charge is 0.438 e. The van der Waals surface area contributed by atoms with Gasteiger partial charge in [0, 0.05) is 37.2 Å². The first kappa shape index (κ1) is 16.3. The van der Waals surface area contributed by atoms with Crippen LogP contribution in [0.2, 0.25) is 0 Å². The van der Waals surface area contributed by atoms with Gasteiger partial charge in [0.25, 0.3) is 0 Å². The minimum absolute atomic E-state index is 0.0136. The third-order valence-corrected chi connectivity index (χ3v) is 7.15. The maximum absolute atomic E-state index is 13.6. The molecule has 0 spiro atoms. The number of fused-ring (bicyclic) bond motifs is 1. The Morgan fingerprint density at radius 2 is 1.92 bits per heavy atom. The number of rotatable bonds is 3. The molecular formula is C20H27N4O2+. The second kappa shape index (κ2) is 5.08. The number of piperidine rings is 2. The Hall–Kier alpha value is -1.92. The average molecular weight is 355 g/mol. The molecule has 26 heavy (non-hydrogen) atoms. The van der Waals surface area contributed by atoms with Crippen LogP contribution < -0.4 is 15.1 Å². The number of quaternary nitrogens is 1. The van der Waals surface area contributed by atoms with Crippen LogP contribution in [0, 0.1) is 17.3 Å². The van der Waals surface area contributed by atoms with Crippen LogP contribution in [-0.2, 0) is 0 Å². The van der Waals surface area contributed by atoms with E-state index in [1.54, 1.807) is 4.90 Å². The van der Waals surface area contributed by atoms with E-state index in [1.807, 2.05) is 38.1 Å². The smallest absolute Gasteiger partial charge is 0.318 e. The van der Waals surface area contributed by atoms with E-state index >= 15 is 0 Å². The van der Waals surface area contributed by atoms with Crippen molar-refractivity contribution in [3.05, 3.63) is 24.3 Å². The third kappa shape index (κ3) is 1.89. The molecule has 4 bridgehead atoms. The maximum Gasteiger partial charge on any atom is 0.438 e. The van der Waals surface area contributed by atoms with E-state index in [-0.39, 0.29) is 22.0 Å². The first-order valence-electron chi connectivity index (χ1n) is 9.70. The van der Waals surface area contributed by atoms with Gasteiger partial charge in [-0.1, -0.05) is 12.1 Å². The summed E-state index contributed by atoms with van der Waals surface area (Å²) in [5.41, 5.74) is 7.57. The van der Waals surface area contributed by atoms with Gasteiger partial charge in [-0.15, -0.1) is 4.48 Å². The summed E-state index contributed by atoms with van der Waals surface area (Å²) in [6.45, 7) is 7.84. The van der Waals surface area contributed by atoms with Crippen molar-refractivity contribution < 1.29 is 9.59 Å². The zero-order valence-electron chi connectivity index (χ0n) is 15.5. The minimum Gasteiger partial charge on any atom is -0.318 e. The zero-order valence-corrected chi connectivity index (χ0v) is 15.5. The summed E-state index contributed by atoms with van der Waals surface area (Å²) in [5, 5.41) is 0. The molecule has 4 fully saturated rings. The average Bonchev–Trinajstić information content (AvgIpc) is 3.09. The Morgan fingerprint density at radius 1 is 1.27 bits per heavy atom. The number of imide groups is 1. The van der Waals surface area contributed by atoms with Gasteiger partial charge in [0.1, 0.15) is 12.2 Å². The van der Waals surface area contributed by atoms with Crippen molar-refractivity contribution in [2.75, 3.05) is 31.1 Å². The normalized spacial score (nSPS) is 39.9. The Labute approximate surface area is 154 Å². The van der Waals surface area contributed by atoms with Crippen molar-refractivity contribution in [3.63, 3.8) is 0 Å². The van der Waals surface area contributed by atoms with Crippen molar-refractivity contribution in [3.8, 4) is 0 Å². The van der Waals surface area contributed by atoms with Gasteiger partial charge >= 0.3 is 12.1 Å². The zero-order chi connectivity index (χ0) is 18.3.